The number of benzene rings is 2. The van der Waals surface area contributed by atoms with Crippen LogP contribution in [0.2, 0.25) is 5.02 Å². The minimum absolute atomic E-state index is 0.00153. The third kappa shape index (κ3) is 5.38. The predicted octanol–water partition coefficient (Wildman–Crippen LogP) is 3.78. The van der Waals surface area contributed by atoms with E-state index in [2.05, 4.69) is 9.82 Å². The summed E-state index contributed by atoms with van der Waals surface area (Å²) in [5, 5.41) is 5.00. The second kappa shape index (κ2) is 9.85. The normalized spacial score (nSPS) is 11.5. The van der Waals surface area contributed by atoms with Gasteiger partial charge >= 0.3 is 0 Å². The fourth-order valence-electron chi connectivity index (χ4n) is 3.47. The number of aromatic nitrogens is 2. The summed E-state index contributed by atoms with van der Waals surface area (Å²) in [6.45, 7) is 6.33. The van der Waals surface area contributed by atoms with Crippen LogP contribution in [0.4, 0.5) is 0 Å². The molecule has 2 aromatic carbocycles. The first-order valence-electron chi connectivity index (χ1n) is 10.2. The zero-order chi connectivity index (χ0) is 23.5. The van der Waals surface area contributed by atoms with Gasteiger partial charge in [-0.05, 0) is 50.6 Å². The SMILES string of the molecule is Cc1ccccc1-n1nc(C)c(CN(C)C(=O)CCNS(=O)(=O)c2cccc(Cl)c2)c1C. The fraction of sp³-hybridized carbons (Fsp3) is 0.304. The largest absolute Gasteiger partial charge is 0.341 e. The summed E-state index contributed by atoms with van der Waals surface area (Å²) in [5.74, 6) is -0.166. The number of para-hydroxylation sites is 1. The van der Waals surface area contributed by atoms with Crippen LogP contribution in [0.5, 0.6) is 0 Å². The first kappa shape index (κ1) is 24.0. The molecular weight excluding hydrogens is 448 g/mol. The van der Waals surface area contributed by atoms with E-state index in [0.29, 0.717) is 11.6 Å². The molecule has 0 aliphatic rings. The van der Waals surface area contributed by atoms with Crippen molar-refractivity contribution in [1.82, 2.24) is 19.4 Å². The smallest absolute Gasteiger partial charge is 0.240 e. The van der Waals surface area contributed by atoms with E-state index in [0.717, 1.165) is 28.2 Å². The van der Waals surface area contributed by atoms with Crippen LogP contribution < -0.4 is 4.72 Å². The van der Waals surface area contributed by atoms with Crippen molar-refractivity contribution in [2.75, 3.05) is 13.6 Å². The number of carbonyl (C=O) groups excluding carboxylic acids is 1. The first-order valence-corrected chi connectivity index (χ1v) is 12.1. The molecule has 0 aliphatic carbocycles. The molecular formula is C23H27ClN4O3S. The fourth-order valence-corrected chi connectivity index (χ4v) is 4.80. The molecule has 1 amide bonds. The lowest BCUT2D eigenvalue weighted by atomic mass is 10.1. The molecule has 0 fully saturated rings. The molecule has 0 spiro atoms. The van der Waals surface area contributed by atoms with Gasteiger partial charge < -0.3 is 4.90 Å². The number of rotatable bonds is 8. The summed E-state index contributed by atoms with van der Waals surface area (Å²) in [4.78, 5) is 14.3. The predicted molar refractivity (Wildman–Crippen MR) is 126 cm³/mol. The number of carbonyl (C=O) groups is 1. The van der Waals surface area contributed by atoms with Crippen molar-refractivity contribution in [3.63, 3.8) is 0 Å². The van der Waals surface area contributed by atoms with E-state index in [1.807, 2.05) is 49.7 Å². The average molecular weight is 475 g/mol. The Hall–Kier alpha value is -2.68. The molecule has 0 saturated carbocycles. The van der Waals surface area contributed by atoms with Crippen molar-refractivity contribution in [3.8, 4) is 5.69 Å². The van der Waals surface area contributed by atoms with Gasteiger partial charge in [-0.2, -0.15) is 5.10 Å². The summed E-state index contributed by atoms with van der Waals surface area (Å²) in [6.07, 6.45) is 0.0420. The highest BCUT2D eigenvalue weighted by Gasteiger charge is 2.19. The molecule has 7 nitrogen and oxygen atoms in total. The first-order chi connectivity index (χ1) is 15.1. The topological polar surface area (TPSA) is 84.3 Å². The Bertz CT molecular complexity index is 1240. The lowest BCUT2D eigenvalue weighted by Gasteiger charge is -2.18. The maximum Gasteiger partial charge on any atom is 0.240 e. The molecule has 1 aromatic heterocycles. The lowest BCUT2D eigenvalue weighted by Crippen LogP contribution is -2.32. The monoisotopic (exact) mass is 474 g/mol. The summed E-state index contributed by atoms with van der Waals surface area (Å²) >= 11 is 5.87. The van der Waals surface area contributed by atoms with Crippen LogP contribution in [0.25, 0.3) is 5.69 Å². The van der Waals surface area contributed by atoms with Gasteiger partial charge in [-0.15, -0.1) is 0 Å². The number of sulfonamides is 1. The lowest BCUT2D eigenvalue weighted by molar-refractivity contribution is -0.130. The van der Waals surface area contributed by atoms with Crippen molar-refractivity contribution in [3.05, 3.63) is 76.1 Å². The van der Waals surface area contributed by atoms with Crippen LogP contribution >= 0.6 is 11.6 Å². The molecule has 170 valence electrons. The van der Waals surface area contributed by atoms with Crippen molar-refractivity contribution in [2.24, 2.45) is 0 Å². The van der Waals surface area contributed by atoms with Gasteiger partial charge in [-0.25, -0.2) is 17.8 Å². The molecule has 0 atom stereocenters. The zero-order valence-electron chi connectivity index (χ0n) is 18.6. The number of halogens is 1. The Labute approximate surface area is 194 Å². The number of nitrogens with zero attached hydrogens (tertiary/aromatic N) is 3. The molecule has 1 heterocycles. The second-order valence-corrected chi connectivity index (χ2v) is 9.91. The summed E-state index contributed by atoms with van der Waals surface area (Å²) < 4.78 is 29.1. The maximum atomic E-state index is 12.6. The van der Waals surface area contributed by atoms with E-state index >= 15 is 0 Å². The van der Waals surface area contributed by atoms with Crippen LogP contribution in [0.15, 0.2) is 53.4 Å². The van der Waals surface area contributed by atoms with E-state index in [1.54, 1.807) is 24.1 Å². The highest BCUT2D eigenvalue weighted by Crippen LogP contribution is 2.21. The molecule has 9 heteroatoms. The highest BCUT2D eigenvalue weighted by molar-refractivity contribution is 7.89. The number of amides is 1. The Kier molecular flexibility index (Phi) is 7.38. The Morgan fingerprint density at radius 3 is 2.53 bits per heavy atom. The zero-order valence-corrected chi connectivity index (χ0v) is 20.2. The van der Waals surface area contributed by atoms with Crippen LogP contribution in [0.3, 0.4) is 0 Å². The van der Waals surface area contributed by atoms with Gasteiger partial charge in [-0.1, -0.05) is 35.9 Å². The third-order valence-electron chi connectivity index (χ3n) is 5.34. The minimum atomic E-state index is -3.73. The van der Waals surface area contributed by atoms with E-state index < -0.39 is 10.0 Å². The van der Waals surface area contributed by atoms with E-state index in [4.69, 9.17) is 11.6 Å². The molecule has 3 aromatic rings. The molecule has 32 heavy (non-hydrogen) atoms. The molecule has 0 bridgehead atoms. The third-order valence-corrected chi connectivity index (χ3v) is 7.04. The molecule has 0 saturated heterocycles. The molecule has 0 aliphatic heterocycles. The maximum absolute atomic E-state index is 12.6. The van der Waals surface area contributed by atoms with E-state index in [1.165, 1.54) is 12.1 Å². The number of nitrogens with one attached hydrogen (secondary N) is 1. The minimum Gasteiger partial charge on any atom is -0.341 e. The highest BCUT2D eigenvalue weighted by atomic mass is 35.5. The van der Waals surface area contributed by atoms with Crippen LogP contribution in [0.1, 0.15) is 28.9 Å². The van der Waals surface area contributed by atoms with Crippen LogP contribution in [0, 0.1) is 20.8 Å². The Morgan fingerprint density at radius 1 is 1.12 bits per heavy atom. The van der Waals surface area contributed by atoms with Crippen LogP contribution in [-0.2, 0) is 21.4 Å². The van der Waals surface area contributed by atoms with Gasteiger partial charge in [0, 0.05) is 42.8 Å². The van der Waals surface area contributed by atoms with Gasteiger partial charge in [0.1, 0.15) is 0 Å². The molecule has 1 N–H and O–H groups in total. The Balaban J connectivity index is 1.63. The van der Waals surface area contributed by atoms with Crippen molar-refractivity contribution in [1.29, 1.82) is 0 Å². The average Bonchev–Trinajstić information content (AvgIpc) is 3.02. The summed E-state index contributed by atoms with van der Waals surface area (Å²) in [6, 6.07) is 14.0. The van der Waals surface area contributed by atoms with E-state index in [9.17, 15) is 13.2 Å². The number of hydrogen-bond acceptors (Lipinski definition) is 4. The second-order valence-electron chi connectivity index (χ2n) is 7.70. The summed E-state index contributed by atoms with van der Waals surface area (Å²) in [5.41, 5.74) is 4.92. The quantitative estimate of drug-likeness (QED) is 0.538. The van der Waals surface area contributed by atoms with Gasteiger partial charge in [0.25, 0.3) is 0 Å². The van der Waals surface area contributed by atoms with Gasteiger partial charge in [0.15, 0.2) is 0 Å². The van der Waals surface area contributed by atoms with Gasteiger partial charge in [0.05, 0.1) is 16.3 Å². The van der Waals surface area contributed by atoms with Crippen molar-refractivity contribution >= 4 is 27.5 Å². The number of hydrogen-bond donors (Lipinski definition) is 1. The molecule has 0 unspecified atom stereocenters. The van der Waals surface area contributed by atoms with E-state index in [-0.39, 0.29) is 23.8 Å². The van der Waals surface area contributed by atoms with Gasteiger partial charge in [-0.3, -0.25) is 4.79 Å². The Morgan fingerprint density at radius 2 is 1.84 bits per heavy atom. The summed E-state index contributed by atoms with van der Waals surface area (Å²) in [7, 11) is -2.02. The van der Waals surface area contributed by atoms with Crippen molar-refractivity contribution in [2.45, 2.75) is 38.6 Å². The van der Waals surface area contributed by atoms with Gasteiger partial charge in [0.2, 0.25) is 15.9 Å². The van der Waals surface area contributed by atoms with Crippen molar-refractivity contribution < 1.29 is 13.2 Å². The standard InChI is InChI=1S/C23H27ClN4O3S/c1-16-8-5-6-11-22(16)28-18(3)21(17(2)26-28)15-27(4)23(29)12-13-25-32(30,31)20-10-7-9-19(24)14-20/h5-11,14,25H,12-13,15H2,1-4H3. The molecule has 0 radical (unpaired) electrons. The number of aryl methyl sites for hydroxylation is 2. The molecule has 3 rings (SSSR count). The van der Waals surface area contributed by atoms with Crippen LogP contribution in [-0.4, -0.2) is 42.6 Å².